The standard InChI is InChI=1S/C17H25NO4/c1-3-18(11-14-6-4-5-7-20-14)10-13-8-15(19-2)17-16(9-13)21-12-22-17/h8-9,14H,3-7,10-12H2,1-2H3/t14-/m1/s1. The molecule has 0 aliphatic carbocycles. The lowest BCUT2D eigenvalue weighted by atomic mass is 10.1. The number of rotatable bonds is 6. The Labute approximate surface area is 132 Å². The molecule has 0 spiro atoms. The quantitative estimate of drug-likeness (QED) is 0.808. The summed E-state index contributed by atoms with van der Waals surface area (Å²) in [4.78, 5) is 2.41. The first-order chi connectivity index (χ1) is 10.8. The maximum atomic E-state index is 5.86. The molecule has 0 radical (unpaired) electrons. The molecule has 2 aliphatic rings. The molecular formula is C17H25NO4. The zero-order valence-corrected chi connectivity index (χ0v) is 13.5. The molecule has 1 aromatic carbocycles. The molecule has 1 fully saturated rings. The molecule has 122 valence electrons. The van der Waals surface area contributed by atoms with Crippen molar-refractivity contribution in [2.24, 2.45) is 0 Å². The summed E-state index contributed by atoms with van der Waals surface area (Å²) in [6.45, 7) is 6.20. The first kappa shape index (κ1) is 15.4. The molecule has 0 amide bonds. The summed E-state index contributed by atoms with van der Waals surface area (Å²) >= 11 is 0. The minimum absolute atomic E-state index is 0.266. The summed E-state index contributed by atoms with van der Waals surface area (Å²) in [7, 11) is 1.66. The average molecular weight is 307 g/mol. The number of fused-ring (bicyclic) bond motifs is 1. The lowest BCUT2D eigenvalue weighted by molar-refractivity contribution is -0.00624. The van der Waals surface area contributed by atoms with E-state index in [9.17, 15) is 0 Å². The smallest absolute Gasteiger partial charge is 0.231 e. The second kappa shape index (κ2) is 7.20. The van der Waals surface area contributed by atoms with Crippen molar-refractivity contribution < 1.29 is 18.9 Å². The second-order valence-corrected chi connectivity index (χ2v) is 5.85. The average Bonchev–Trinajstić information content (AvgIpc) is 3.03. The number of likely N-dealkylation sites (N-methyl/N-ethyl adjacent to an activating group) is 1. The Kier molecular flexibility index (Phi) is 5.05. The van der Waals surface area contributed by atoms with Crippen LogP contribution in [0.25, 0.3) is 0 Å². The Bertz CT molecular complexity index is 500. The molecule has 1 aromatic rings. The van der Waals surface area contributed by atoms with Gasteiger partial charge >= 0.3 is 0 Å². The normalized spacial score (nSPS) is 20.4. The molecule has 2 heterocycles. The lowest BCUT2D eigenvalue weighted by Gasteiger charge is -2.29. The van der Waals surface area contributed by atoms with Gasteiger partial charge in [-0.25, -0.2) is 0 Å². The van der Waals surface area contributed by atoms with Crippen molar-refractivity contribution in [3.8, 4) is 17.2 Å². The van der Waals surface area contributed by atoms with Crippen LogP contribution in [0.4, 0.5) is 0 Å². The van der Waals surface area contributed by atoms with E-state index in [1.54, 1.807) is 7.11 Å². The Morgan fingerprint density at radius 2 is 2.18 bits per heavy atom. The number of nitrogens with zero attached hydrogens (tertiary/aromatic N) is 1. The van der Waals surface area contributed by atoms with Crippen LogP contribution in [-0.4, -0.2) is 44.6 Å². The highest BCUT2D eigenvalue weighted by Crippen LogP contribution is 2.42. The van der Waals surface area contributed by atoms with Gasteiger partial charge in [-0.3, -0.25) is 4.90 Å². The molecule has 0 saturated carbocycles. The highest BCUT2D eigenvalue weighted by atomic mass is 16.7. The molecule has 3 rings (SSSR count). The van der Waals surface area contributed by atoms with Gasteiger partial charge in [0.2, 0.25) is 12.5 Å². The van der Waals surface area contributed by atoms with E-state index in [1.165, 1.54) is 24.8 Å². The predicted octanol–water partition coefficient (Wildman–Crippen LogP) is 2.81. The Morgan fingerprint density at radius 1 is 1.27 bits per heavy atom. The zero-order chi connectivity index (χ0) is 15.4. The van der Waals surface area contributed by atoms with Gasteiger partial charge < -0.3 is 18.9 Å². The highest BCUT2D eigenvalue weighted by Gasteiger charge is 2.22. The zero-order valence-electron chi connectivity index (χ0n) is 13.5. The van der Waals surface area contributed by atoms with Crippen molar-refractivity contribution in [2.45, 2.75) is 38.8 Å². The summed E-state index contributed by atoms with van der Waals surface area (Å²) in [5, 5.41) is 0. The monoisotopic (exact) mass is 307 g/mol. The van der Waals surface area contributed by atoms with Crippen molar-refractivity contribution in [1.29, 1.82) is 0 Å². The first-order valence-electron chi connectivity index (χ1n) is 8.10. The minimum atomic E-state index is 0.266. The number of methoxy groups -OCH3 is 1. The van der Waals surface area contributed by atoms with E-state index in [1.807, 2.05) is 6.07 Å². The van der Waals surface area contributed by atoms with Crippen molar-refractivity contribution in [1.82, 2.24) is 4.90 Å². The fourth-order valence-corrected chi connectivity index (χ4v) is 3.08. The summed E-state index contributed by atoms with van der Waals surface area (Å²) in [5.74, 6) is 2.24. The first-order valence-corrected chi connectivity index (χ1v) is 8.10. The third-order valence-corrected chi connectivity index (χ3v) is 4.31. The van der Waals surface area contributed by atoms with Crippen LogP contribution in [0.2, 0.25) is 0 Å². The minimum Gasteiger partial charge on any atom is -0.493 e. The molecule has 5 nitrogen and oxygen atoms in total. The molecule has 1 saturated heterocycles. The van der Waals surface area contributed by atoms with E-state index >= 15 is 0 Å². The molecule has 1 atom stereocenters. The summed E-state index contributed by atoms with van der Waals surface area (Å²) in [5.41, 5.74) is 1.18. The lowest BCUT2D eigenvalue weighted by Crippen LogP contribution is -2.35. The SMILES string of the molecule is CCN(Cc1cc(OC)c2c(c1)OCO2)C[C@H]1CCCCO1. The summed E-state index contributed by atoms with van der Waals surface area (Å²) in [6.07, 6.45) is 4.01. The molecule has 0 bridgehead atoms. The Balaban J connectivity index is 1.67. The molecule has 5 heteroatoms. The van der Waals surface area contributed by atoms with Crippen LogP contribution in [0.1, 0.15) is 31.7 Å². The van der Waals surface area contributed by atoms with Gasteiger partial charge in [0.1, 0.15) is 0 Å². The van der Waals surface area contributed by atoms with Gasteiger partial charge in [-0.2, -0.15) is 0 Å². The molecular weight excluding hydrogens is 282 g/mol. The Morgan fingerprint density at radius 3 is 2.91 bits per heavy atom. The largest absolute Gasteiger partial charge is 0.493 e. The number of hydrogen-bond acceptors (Lipinski definition) is 5. The van der Waals surface area contributed by atoms with E-state index in [0.29, 0.717) is 11.9 Å². The van der Waals surface area contributed by atoms with Gasteiger partial charge in [0.15, 0.2) is 11.5 Å². The number of hydrogen-bond donors (Lipinski definition) is 0. The van der Waals surface area contributed by atoms with E-state index in [-0.39, 0.29) is 6.79 Å². The maximum absolute atomic E-state index is 5.86. The fraction of sp³-hybridized carbons (Fsp3) is 0.647. The van der Waals surface area contributed by atoms with Crippen molar-refractivity contribution in [2.75, 3.05) is 33.6 Å². The molecule has 22 heavy (non-hydrogen) atoms. The van der Waals surface area contributed by atoms with Gasteiger partial charge in [0.05, 0.1) is 13.2 Å². The van der Waals surface area contributed by atoms with Crippen LogP contribution in [0.3, 0.4) is 0 Å². The van der Waals surface area contributed by atoms with Crippen molar-refractivity contribution >= 4 is 0 Å². The third-order valence-electron chi connectivity index (χ3n) is 4.31. The van der Waals surface area contributed by atoms with E-state index in [4.69, 9.17) is 18.9 Å². The van der Waals surface area contributed by atoms with E-state index in [2.05, 4.69) is 17.9 Å². The van der Waals surface area contributed by atoms with Crippen molar-refractivity contribution in [3.63, 3.8) is 0 Å². The van der Waals surface area contributed by atoms with Crippen LogP contribution < -0.4 is 14.2 Å². The van der Waals surface area contributed by atoms with Gasteiger partial charge in [-0.1, -0.05) is 6.92 Å². The van der Waals surface area contributed by atoms with Gasteiger partial charge in [-0.15, -0.1) is 0 Å². The molecule has 0 unspecified atom stereocenters. The molecule has 2 aliphatic heterocycles. The summed E-state index contributed by atoms with van der Waals surface area (Å²) < 4.78 is 22.2. The molecule has 0 N–H and O–H groups in total. The van der Waals surface area contributed by atoms with Gasteiger partial charge in [-0.05, 0) is 43.5 Å². The summed E-state index contributed by atoms with van der Waals surface area (Å²) in [6, 6.07) is 4.09. The second-order valence-electron chi connectivity index (χ2n) is 5.85. The van der Waals surface area contributed by atoms with Crippen LogP contribution in [0.5, 0.6) is 17.2 Å². The van der Waals surface area contributed by atoms with Gasteiger partial charge in [0, 0.05) is 19.7 Å². The molecule has 0 aromatic heterocycles. The van der Waals surface area contributed by atoms with E-state index < -0.39 is 0 Å². The number of benzene rings is 1. The van der Waals surface area contributed by atoms with Crippen molar-refractivity contribution in [3.05, 3.63) is 17.7 Å². The van der Waals surface area contributed by atoms with Crippen LogP contribution in [-0.2, 0) is 11.3 Å². The van der Waals surface area contributed by atoms with Crippen LogP contribution in [0.15, 0.2) is 12.1 Å². The number of ether oxygens (including phenoxy) is 4. The van der Waals surface area contributed by atoms with E-state index in [0.717, 1.165) is 37.7 Å². The van der Waals surface area contributed by atoms with Gasteiger partial charge in [0.25, 0.3) is 0 Å². The fourth-order valence-electron chi connectivity index (χ4n) is 3.08. The van der Waals surface area contributed by atoms with Crippen LogP contribution in [0, 0.1) is 0 Å². The maximum Gasteiger partial charge on any atom is 0.231 e. The third kappa shape index (κ3) is 3.47. The van der Waals surface area contributed by atoms with Crippen LogP contribution >= 0.6 is 0 Å². The Hall–Kier alpha value is -1.46. The topological polar surface area (TPSA) is 40.2 Å². The highest BCUT2D eigenvalue weighted by molar-refractivity contribution is 5.55. The predicted molar refractivity (Wildman–Crippen MR) is 83.7 cm³/mol.